The van der Waals surface area contributed by atoms with E-state index in [9.17, 15) is 0 Å². The van der Waals surface area contributed by atoms with Gasteiger partial charge in [-0.2, -0.15) is 0 Å². The molecule has 2 fully saturated rings. The average molecular weight is 238 g/mol. The second-order valence-electron chi connectivity index (χ2n) is 6.04. The fourth-order valence-corrected chi connectivity index (χ4v) is 3.53. The highest BCUT2D eigenvalue weighted by Gasteiger charge is 2.32. The van der Waals surface area contributed by atoms with E-state index in [-0.39, 0.29) is 0 Å². The molecule has 0 aliphatic carbocycles. The van der Waals surface area contributed by atoms with Gasteiger partial charge in [0.1, 0.15) is 0 Å². The van der Waals surface area contributed by atoms with E-state index in [1.807, 2.05) is 0 Å². The summed E-state index contributed by atoms with van der Waals surface area (Å²) in [6.07, 6.45) is 12.2. The fraction of sp³-hybridized carbons (Fsp3) is 1.00. The molecule has 0 amide bonds. The smallest absolute Gasteiger partial charge is 0.0596 e. The van der Waals surface area contributed by atoms with E-state index in [2.05, 4.69) is 23.6 Å². The molecule has 2 nitrogen and oxygen atoms in total. The maximum Gasteiger partial charge on any atom is 0.0596 e. The first-order chi connectivity index (χ1) is 8.29. The summed E-state index contributed by atoms with van der Waals surface area (Å²) >= 11 is 0. The summed E-state index contributed by atoms with van der Waals surface area (Å²) < 4.78 is 0. The molecule has 2 aliphatic heterocycles. The predicted molar refractivity (Wildman–Crippen MR) is 74.1 cm³/mol. The van der Waals surface area contributed by atoms with Crippen LogP contribution in [0.3, 0.4) is 0 Å². The van der Waals surface area contributed by atoms with Crippen LogP contribution >= 0.6 is 0 Å². The van der Waals surface area contributed by atoms with Crippen LogP contribution in [-0.2, 0) is 0 Å². The van der Waals surface area contributed by atoms with Crippen molar-refractivity contribution in [1.82, 2.24) is 9.80 Å². The molecule has 0 aromatic heterocycles. The van der Waals surface area contributed by atoms with Gasteiger partial charge in [-0.15, -0.1) is 0 Å². The van der Waals surface area contributed by atoms with Crippen molar-refractivity contribution in [3.63, 3.8) is 0 Å². The molecule has 2 heterocycles. The van der Waals surface area contributed by atoms with Crippen molar-refractivity contribution in [2.45, 2.75) is 77.4 Å². The number of hydrogen-bond donors (Lipinski definition) is 0. The summed E-state index contributed by atoms with van der Waals surface area (Å²) in [5.41, 5.74) is 0. The molecule has 2 heteroatoms. The van der Waals surface area contributed by atoms with Crippen LogP contribution in [0.5, 0.6) is 0 Å². The molecular formula is C15H30N2. The highest BCUT2D eigenvalue weighted by atomic mass is 15.4. The van der Waals surface area contributed by atoms with Crippen LogP contribution in [0.15, 0.2) is 0 Å². The first kappa shape index (κ1) is 13.4. The Balaban J connectivity index is 1.88. The molecule has 2 rings (SSSR count). The lowest BCUT2D eigenvalue weighted by Crippen LogP contribution is -2.38. The zero-order valence-corrected chi connectivity index (χ0v) is 11.8. The van der Waals surface area contributed by atoms with Gasteiger partial charge in [0.25, 0.3) is 0 Å². The van der Waals surface area contributed by atoms with E-state index in [0.29, 0.717) is 6.17 Å². The molecule has 4 atom stereocenters. The van der Waals surface area contributed by atoms with Crippen LogP contribution in [0.2, 0.25) is 0 Å². The number of fused-ring (bicyclic) bond motifs is 2. The highest BCUT2D eigenvalue weighted by Crippen LogP contribution is 2.22. The van der Waals surface area contributed by atoms with Gasteiger partial charge in [0.2, 0.25) is 0 Å². The van der Waals surface area contributed by atoms with Gasteiger partial charge in [-0.1, -0.05) is 38.5 Å². The van der Waals surface area contributed by atoms with Crippen molar-refractivity contribution in [3.8, 4) is 0 Å². The van der Waals surface area contributed by atoms with Gasteiger partial charge >= 0.3 is 0 Å². The Morgan fingerprint density at radius 2 is 1.24 bits per heavy atom. The van der Waals surface area contributed by atoms with Crippen LogP contribution < -0.4 is 0 Å². The standard InChI is InChI=1S/C15H30N2/c1-14-13-16-11-9-7-5-3-4-6-8-10-12-17(14)15(16)2/h14-15H,3-13H2,1-2H3/t14?,15-/m1/s1. The molecule has 17 heavy (non-hydrogen) atoms. The molecule has 2 saturated heterocycles. The lowest BCUT2D eigenvalue weighted by atomic mass is 10.1. The van der Waals surface area contributed by atoms with Crippen molar-refractivity contribution in [2.75, 3.05) is 19.6 Å². The quantitative estimate of drug-likeness (QED) is 0.637. The van der Waals surface area contributed by atoms with Crippen molar-refractivity contribution in [3.05, 3.63) is 0 Å². The maximum absolute atomic E-state index is 2.72. The first-order valence-corrected chi connectivity index (χ1v) is 7.79. The summed E-state index contributed by atoms with van der Waals surface area (Å²) in [5, 5.41) is 0. The minimum Gasteiger partial charge on any atom is -0.287 e. The summed E-state index contributed by atoms with van der Waals surface area (Å²) in [6.45, 7) is 8.74. The Labute approximate surface area is 107 Å². The molecule has 0 aromatic carbocycles. The van der Waals surface area contributed by atoms with Crippen molar-refractivity contribution < 1.29 is 0 Å². The van der Waals surface area contributed by atoms with Crippen LogP contribution in [0.1, 0.15) is 65.2 Å². The summed E-state index contributed by atoms with van der Waals surface area (Å²) in [6, 6.07) is 0.771. The van der Waals surface area contributed by atoms with Gasteiger partial charge in [-0.3, -0.25) is 9.80 Å². The molecule has 0 aromatic rings. The Hall–Kier alpha value is -0.0800. The largest absolute Gasteiger partial charge is 0.287 e. The van der Waals surface area contributed by atoms with E-state index >= 15 is 0 Å². The minimum atomic E-state index is 0.686. The third kappa shape index (κ3) is 3.69. The van der Waals surface area contributed by atoms with E-state index in [0.717, 1.165) is 6.04 Å². The fourth-order valence-electron chi connectivity index (χ4n) is 3.53. The number of rotatable bonds is 0. The Bertz CT molecular complexity index is 217. The lowest BCUT2D eigenvalue weighted by molar-refractivity contribution is 0.136. The topological polar surface area (TPSA) is 6.48 Å². The highest BCUT2D eigenvalue weighted by molar-refractivity contribution is 4.85. The van der Waals surface area contributed by atoms with E-state index < -0.39 is 0 Å². The second kappa shape index (κ2) is 6.75. The number of nitrogens with zero attached hydrogens (tertiary/aromatic N) is 2. The predicted octanol–water partition coefficient (Wildman–Crippen LogP) is 3.47. The van der Waals surface area contributed by atoms with Crippen LogP contribution in [0, 0.1) is 0 Å². The third-order valence-electron chi connectivity index (χ3n) is 4.68. The van der Waals surface area contributed by atoms with Gasteiger partial charge in [-0.05, 0) is 39.8 Å². The Morgan fingerprint density at radius 3 is 1.88 bits per heavy atom. The zero-order chi connectivity index (χ0) is 12.1. The normalized spacial score (nSPS) is 41.3. The third-order valence-corrected chi connectivity index (χ3v) is 4.68. The zero-order valence-electron chi connectivity index (χ0n) is 11.8. The summed E-state index contributed by atoms with van der Waals surface area (Å²) in [4.78, 5) is 5.42. The SMILES string of the molecule is CC1CN2CCCCCCCCCCN1[C@@H]2C. The van der Waals surface area contributed by atoms with E-state index in [4.69, 9.17) is 0 Å². The summed E-state index contributed by atoms with van der Waals surface area (Å²) in [7, 11) is 0. The van der Waals surface area contributed by atoms with Crippen LogP contribution in [0.4, 0.5) is 0 Å². The second-order valence-corrected chi connectivity index (χ2v) is 6.04. The Kier molecular flexibility index (Phi) is 5.30. The molecule has 3 unspecified atom stereocenters. The molecule has 0 spiro atoms. The van der Waals surface area contributed by atoms with Crippen molar-refractivity contribution >= 4 is 0 Å². The Morgan fingerprint density at radius 1 is 0.706 bits per heavy atom. The molecule has 2 bridgehead atoms. The van der Waals surface area contributed by atoms with Gasteiger partial charge in [0.15, 0.2) is 0 Å². The van der Waals surface area contributed by atoms with Crippen molar-refractivity contribution in [1.29, 1.82) is 0 Å². The lowest BCUT2D eigenvalue weighted by Gasteiger charge is -2.28. The van der Waals surface area contributed by atoms with E-state index in [1.165, 1.54) is 71.0 Å². The molecule has 0 saturated carbocycles. The first-order valence-electron chi connectivity index (χ1n) is 7.79. The van der Waals surface area contributed by atoms with Gasteiger partial charge in [0.05, 0.1) is 6.17 Å². The van der Waals surface area contributed by atoms with E-state index in [1.54, 1.807) is 0 Å². The maximum atomic E-state index is 2.72. The molecular weight excluding hydrogens is 208 g/mol. The molecule has 2 aliphatic rings. The van der Waals surface area contributed by atoms with Gasteiger partial charge in [-0.25, -0.2) is 0 Å². The molecule has 0 N–H and O–H groups in total. The minimum absolute atomic E-state index is 0.686. The number of hydrogen-bond acceptors (Lipinski definition) is 2. The van der Waals surface area contributed by atoms with Gasteiger partial charge in [0, 0.05) is 12.6 Å². The summed E-state index contributed by atoms with van der Waals surface area (Å²) in [5.74, 6) is 0. The molecule has 0 radical (unpaired) electrons. The average Bonchev–Trinajstić information content (AvgIpc) is 2.59. The van der Waals surface area contributed by atoms with Crippen molar-refractivity contribution in [2.24, 2.45) is 0 Å². The monoisotopic (exact) mass is 238 g/mol. The molecule has 100 valence electrons. The van der Waals surface area contributed by atoms with Gasteiger partial charge < -0.3 is 0 Å². The van der Waals surface area contributed by atoms with Crippen LogP contribution in [-0.4, -0.2) is 41.6 Å². The van der Waals surface area contributed by atoms with Crippen LogP contribution in [0.25, 0.3) is 0 Å².